The minimum Gasteiger partial charge on any atom is -0.361 e. The maximum atomic E-state index is 13.2. The van der Waals surface area contributed by atoms with Gasteiger partial charge in [-0.3, -0.25) is 0 Å². The number of hydrogen-bond acceptors (Lipinski definition) is 4. The van der Waals surface area contributed by atoms with Crippen molar-refractivity contribution in [3.63, 3.8) is 0 Å². The lowest BCUT2D eigenvalue weighted by Crippen LogP contribution is -2.34. The fourth-order valence-electron chi connectivity index (χ4n) is 3.38. The minimum atomic E-state index is -5.79. The summed E-state index contributed by atoms with van der Waals surface area (Å²) in [5, 5.41) is 1.49. The average molecular weight is 437 g/mol. The fraction of sp³-hybridized carbons (Fsp3) is 0.474. The van der Waals surface area contributed by atoms with Crippen LogP contribution in [0.1, 0.15) is 33.6 Å². The van der Waals surface area contributed by atoms with Crippen molar-refractivity contribution in [1.29, 1.82) is 0 Å². The highest BCUT2D eigenvalue weighted by atomic mass is 32.3. The molecule has 9 heteroatoms. The lowest BCUT2D eigenvalue weighted by atomic mass is 10.1. The summed E-state index contributed by atoms with van der Waals surface area (Å²) in [6, 6.07) is 12.4. The van der Waals surface area contributed by atoms with E-state index in [-0.39, 0.29) is 5.75 Å². The Hall–Kier alpha value is -1.29. The van der Waals surface area contributed by atoms with Crippen LogP contribution in [0.4, 0.5) is 13.2 Å². The van der Waals surface area contributed by atoms with Gasteiger partial charge < -0.3 is 4.74 Å². The van der Waals surface area contributed by atoms with Gasteiger partial charge in [0.15, 0.2) is 0 Å². The molecule has 2 aromatic rings. The smallest absolute Gasteiger partial charge is 0.361 e. The summed E-state index contributed by atoms with van der Waals surface area (Å²) < 4.78 is 74.9. The first-order chi connectivity index (χ1) is 12.9. The molecule has 0 N–H and O–H groups in total. The predicted octanol–water partition coefficient (Wildman–Crippen LogP) is 5.72. The predicted molar refractivity (Wildman–Crippen MR) is 105 cm³/mol. The van der Waals surface area contributed by atoms with E-state index in [1.165, 1.54) is 0 Å². The van der Waals surface area contributed by atoms with E-state index in [2.05, 4.69) is 0 Å². The molecule has 1 fully saturated rings. The van der Waals surface area contributed by atoms with Crippen molar-refractivity contribution in [2.45, 2.75) is 55.1 Å². The third-order valence-electron chi connectivity index (χ3n) is 4.41. The van der Waals surface area contributed by atoms with E-state index in [9.17, 15) is 21.6 Å². The van der Waals surface area contributed by atoms with E-state index >= 15 is 0 Å². The van der Waals surface area contributed by atoms with E-state index in [0.29, 0.717) is 23.1 Å². The zero-order valence-corrected chi connectivity index (χ0v) is 17.5. The summed E-state index contributed by atoms with van der Waals surface area (Å²) in [6.07, 6.45) is 0.954. The molecule has 156 valence electrons. The number of alkyl halides is 3. The first-order valence-electron chi connectivity index (χ1n) is 8.84. The van der Waals surface area contributed by atoms with Gasteiger partial charge in [-0.05, 0) is 50.5 Å². The number of ether oxygens (including phenoxy) is 1. The number of fused-ring (bicyclic) bond motifs is 1. The number of rotatable bonds is 4. The Morgan fingerprint density at radius 3 is 2.32 bits per heavy atom. The minimum absolute atomic E-state index is 0.192. The molecule has 1 aliphatic heterocycles. The van der Waals surface area contributed by atoms with E-state index in [0.717, 1.165) is 5.39 Å². The van der Waals surface area contributed by atoms with Crippen LogP contribution in [0, 0.1) is 0 Å². The molecule has 0 saturated carbocycles. The van der Waals surface area contributed by atoms with Crippen LogP contribution < -0.4 is 0 Å². The van der Waals surface area contributed by atoms with Crippen LogP contribution in [0.2, 0.25) is 0 Å². The van der Waals surface area contributed by atoms with Crippen molar-refractivity contribution < 1.29 is 30.0 Å². The van der Waals surface area contributed by atoms with Crippen LogP contribution in [0.15, 0.2) is 47.4 Å². The van der Waals surface area contributed by atoms with Gasteiger partial charge in [0.1, 0.15) is 5.44 Å². The first kappa shape index (κ1) is 21.4. The Labute approximate surface area is 164 Å². The SMILES string of the molecule is CC(C)(C)OC1CCCS1(OS(=O)(=O)C(F)(F)F)c1cccc2ccccc12. The molecule has 2 atom stereocenters. The topological polar surface area (TPSA) is 52.6 Å². The maximum absolute atomic E-state index is 13.2. The van der Waals surface area contributed by atoms with E-state index < -0.39 is 37.0 Å². The highest BCUT2D eigenvalue weighted by Crippen LogP contribution is 2.69. The highest BCUT2D eigenvalue weighted by molar-refractivity contribution is 8.33. The Morgan fingerprint density at radius 2 is 1.68 bits per heavy atom. The van der Waals surface area contributed by atoms with Crippen LogP contribution in [0.25, 0.3) is 10.8 Å². The molecule has 1 saturated heterocycles. The Balaban J connectivity index is 2.23. The van der Waals surface area contributed by atoms with Crippen LogP contribution >= 0.6 is 10.3 Å². The van der Waals surface area contributed by atoms with Crippen LogP contribution in [-0.4, -0.2) is 30.7 Å². The van der Waals surface area contributed by atoms with Gasteiger partial charge in [0.25, 0.3) is 0 Å². The normalized spacial score (nSPS) is 26.3. The summed E-state index contributed by atoms with van der Waals surface area (Å²) in [5.41, 5.74) is -6.91. The van der Waals surface area contributed by atoms with Gasteiger partial charge in [-0.1, -0.05) is 46.7 Å². The monoisotopic (exact) mass is 436 g/mol. The van der Waals surface area contributed by atoms with Crippen molar-refractivity contribution in [2.75, 3.05) is 5.75 Å². The molecule has 1 heterocycles. The molecule has 1 aliphatic rings. The van der Waals surface area contributed by atoms with Crippen LogP contribution in [0.3, 0.4) is 0 Å². The van der Waals surface area contributed by atoms with Gasteiger partial charge in [0.05, 0.1) is 5.60 Å². The molecule has 2 unspecified atom stereocenters. The molecule has 0 amide bonds. The second kappa shape index (κ2) is 7.19. The highest BCUT2D eigenvalue weighted by Gasteiger charge is 2.55. The molecule has 0 aliphatic carbocycles. The zero-order chi connectivity index (χ0) is 20.8. The fourth-order valence-corrected chi connectivity index (χ4v) is 9.10. The quantitative estimate of drug-likeness (QED) is 0.575. The summed E-state index contributed by atoms with van der Waals surface area (Å²) in [4.78, 5) is 0.477. The third kappa shape index (κ3) is 4.03. The summed E-state index contributed by atoms with van der Waals surface area (Å²) in [6.45, 7) is 5.37. The van der Waals surface area contributed by atoms with E-state index in [4.69, 9.17) is 8.37 Å². The lowest BCUT2D eigenvalue weighted by molar-refractivity contribution is -0.0503. The number of benzene rings is 2. The molecule has 0 bridgehead atoms. The first-order valence-corrected chi connectivity index (χ1v) is 12.0. The summed E-state index contributed by atoms with van der Waals surface area (Å²) in [5.74, 6) is 0.192. The average Bonchev–Trinajstić information content (AvgIpc) is 2.94. The maximum Gasteiger partial charge on any atom is 0.523 e. The molecule has 0 spiro atoms. The molecule has 3 rings (SSSR count). The summed E-state index contributed by atoms with van der Waals surface area (Å²) >= 11 is 0. The van der Waals surface area contributed by atoms with Gasteiger partial charge in [-0.15, -0.1) is 0 Å². The lowest BCUT2D eigenvalue weighted by Gasteiger charge is -2.42. The largest absolute Gasteiger partial charge is 0.523 e. The van der Waals surface area contributed by atoms with Crippen LogP contribution in [0.5, 0.6) is 0 Å². The van der Waals surface area contributed by atoms with Crippen molar-refractivity contribution in [1.82, 2.24) is 0 Å². The van der Waals surface area contributed by atoms with Gasteiger partial charge in [-0.2, -0.15) is 21.6 Å². The molecular formula is C19H23F3O4S2. The van der Waals surface area contributed by atoms with Gasteiger partial charge in [0.2, 0.25) is 0 Å². The van der Waals surface area contributed by atoms with E-state index in [1.54, 1.807) is 45.0 Å². The molecule has 0 aromatic heterocycles. The van der Waals surface area contributed by atoms with Crippen LogP contribution in [-0.2, 0) is 18.5 Å². The van der Waals surface area contributed by atoms with Crippen molar-refractivity contribution >= 4 is 31.2 Å². The second-order valence-electron chi connectivity index (χ2n) is 7.68. The van der Waals surface area contributed by atoms with Crippen molar-refractivity contribution in [3.05, 3.63) is 42.5 Å². The van der Waals surface area contributed by atoms with E-state index in [1.807, 2.05) is 18.2 Å². The Morgan fingerprint density at radius 1 is 1.04 bits per heavy atom. The van der Waals surface area contributed by atoms with Gasteiger partial charge >= 0.3 is 15.6 Å². The second-order valence-corrected chi connectivity index (χ2v) is 12.4. The summed E-state index contributed by atoms with van der Waals surface area (Å²) in [7, 11) is -8.70. The molecule has 2 aromatic carbocycles. The third-order valence-corrected chi connectivity index (χ3v) is 9.85. The molecule has 0 radical (unpaired) electrons. The Kier molecular flexibility index (Phi) is 5.50. The van der Waals surface area contributed by atoms with Gasteiger partial charge in [0, 0.05) is 10.6 Å². The van der Waals surface area contributed by atoms with Crippen molar-refractivity contribution in [3.8, 4) is 0 Å². The van der Waals surface area contributed by atoms with Crippen molar-refractivity contribution in [2.24, 2.45) is 0 Å². The molecule has 4 nitrogen and oxygen atoms in total. The van der Waals surface area contributed by atoms with Gasteiger partial charge in [-0.25, -0.2) is 3.63 Å². The standard InChI is InChI=1S/C19H23F3O4S2/c1-18(2,3)25-17-12-7-13-27(17,26-28(23,24)19(20,21)22)16-11-6-9-14-8-4-5-10-15(14)16/h4-6,8-11,17H,7,12-13H2,1-3H3. The number of hydrogen-bond donors (Lipinski definition) is 0. The molecular weight excluding hydrogens is 413 g/mol. The zero-order valence-electron chi connectivity index (χ0n) is 15.8. The Bertz CT molecular complexity index is 962. The molecule has 28 heavy (non-hydrogen) atoms. The number of halogens is 3.